The summed E-state index contributed by atoms with van der Waals surface area (Å²) in [6.07, 6.45) is 0.969. The number of hydrogen-bond donors (Lipinski definition) is 1. The maximum atomic E-state index is 11.7. The minimum absolute atomic E-state index is 0.249. The minimum atomic E-state index is -0.647. The van der Waals surface area contributed by atoms with E-state index in [1.807, 2.05) is 38.1 Å². The zero-order valence-electron chi connectivity index (χ0n) is 13.5. The molecule has 21 heavy (non-hydrogen) atoms. The summed E-state index contributed by atoms with van der Waals surface area (Å²) < 4.78 is 5.18. The lowest BCUT2D eigenvalue weighted by Crippen LogP contribution is -2.40. The maximum absolute atomic E-state index is 11.7. The Morgan fingerprint density at radius 2 is 1.76 bits per heavy atom. The number of ether oxygens (including phenoxy) is 1. The molecule has 0 aliphatic heterocycles. The van der Waals surface area contributed by atoms with Gasteiger partial charge in [0.25, 0.3) is 0 Å². The second-order valence-corrected chi connectivity index (χ2v) is 6.79. The molecule has 0 bridgehead atoms. The Bertz CT molecular complexity index is 488. The predicted molar refractivity (Wildman–Crippen MR) is 83.3 cm³/mol. The third kappa shape index (κ3) is 6.43. The highest BCUT2D eigenvalue weighted by Gasteiger charge is 2.26. The first kappa shape index (κ1) is 17.2. The molecule has 0 aliphatic carbocycles. The molecule has 1 atom stereocenters. The van der Waals surface area contributed by atoms with Gasteiger partial charge >= 0.3 is 6.09 Å². The Morgan fingerprint density at radius 3 is 2.24 bits per heavy atom. The lowest BCUT2D eigenvalue weighted by atomic mass is 9.85. The fraction of sp³-hybridized carbons (Fsp3) is 0.529. The smallest absolute Gasteiger partial charge is 0.407 e. The van der Waals surface area contributed by atoms with Crippen molar-refractivity contribution >= 4 is 12.4 Å². The summed E-state index contributed by atoms with van der Waals surface area (Å²) in [6, 6.07) is 8.04. The predicted octanol–water partition coefficient (Wildman–Crippen LogP) is 3.27. The van der Waals surface area contributed by atoms with Crippen LogP contribution in [-0.2, 0) is 16.0 Å². The first-order valence-corrected chi connectivity index (χ1v) is 7.12. The van der Waals surface area contributed by atoms with Crippen LogP contribution in [0, 0.1) is 12.3 Å². The van der Waals surface area contributed by atoms with E-state index in [4.69, 9.17) is 4.74 Å². The van der Waals surface area contributed by atoms with Gasteiger partial charge in [-0.2, -0.15) is 0 Å². The van der Waals surface area contributed by atoms with Gasteiger partial charge in [-0.3, -0.25) is 0 Å². The number of carbonyl (C=O) groups excluding carboxylic acids is 2. The summed E-state index contributed by atoms with van der Waals surface area (Å²) >= 11 is 0. The zero-order chi connectivity index (χ0) is 16.1. The first-order chi connectivity index (χ1) is 9.63. The van der Waals surface area contributed by atoms with Crippen molar-refractivity contribution in [2.45, 2.75) is 46.6 Å². The summed E-state index contributed by atoms with van der Waals surface area (Å²) in [4.78, 5) is 23.1. The number of aldehydes is 1. The van der Waals surface area contributed by atoms with Crippen molar-refractivity contribution in [3.8, 4) is 0 Å². The van der Waals surface area contributed by atoms with Crippen molar-refractivity contribution in [2.24, 2.45) is 5.41 Å². The summed E-state index contributed by atoms with van der Waals surface area (Å²) in [5.74, 6) is 0. The number of aryl methyl sites for hydroxylation is 1. The number of nitrogens with one attached hydrogen (secondary N) is 1. The molecule has 1 rings (SSSR count). The van der Waals surface area contributed by atoms with Gasteiger partial charge in [0.05, 0.1) is 0 Å². The van der Waals surface area contributed by atoms with Gasteiger partial charge in [-0.25, -0.2) is 4.79 Å². The molecular weight excluding hydrogens is 266 g/mol. The van der Waals surface area contributed by atoms with Crippen LogP contribution in [0.4, 0.5) is 4.79 Å². The molecule has 4 nitrogen and oxygen atoms in total. The minimum Gasteiger partial charge on any atom is -0.444 e. The van der Waals surface area contributed by atoms with Crippen LogP contribution in [0.25, 0.3) is 0 Å². The van der Waals surface area contributed by atoms with E-state index in [1.54, 1.807) is 20.8 Å². The molecule has 4 heteroatoms. The number of carbonyl (C=O) groups is 2. The van der Waals surface area contributed by atoms with E-state index in [2.05, 4.69) is 5.32 Å². The lowest BCUT2D eigenvalue weighted by molar-refractivity contribution is -0.115. The van der Waals surface area contributed by atoms with Crippen molar-refractivity contribution in [3.63, 3.8) is 0 Å². The number of hydrogen-bond acceptors (Lipinski definition) is 3. The average molecular weight is 291 g/mol. The van der Waals surface area contributed by atoms with Crippen molar-refractivity contribution in [2.75, 3.05) is 6.54 Å². The Balaban J connectivity index is 2.61. The molecule has 0 saturated heterocycles. The first-order valence-electron chi connectivity index (χ1n) is 7.12. The Hall–Kier alpha value is -1.84. The molecule has 1 amide bonds. The summed E-state index contributed by atoms with van der Waals surface area (Å²) in [7, 11) is 0. The van der Waals surface area contributed by atoms with Crippen LogP contribution in [0.5, 0.6) is 0 Å². The second-order valence-electron chi connectivity index (χ2n) is 6.79. The lowest BCUT2D eigenvalue weighted by Gasteiger charge is -2.25. The van der Waals surface area contributed by atoms with E-state index < -0.39 is 17.1 Å². The Kier molecular flexibility index (Phi) is 5.53. The number of alkyl carbamates (subject to hydrolysis) is 1. The normalized spacial score (nSPS) is 14.1. The zero-order valence-corrected chi connectivity index (χ0v) is 13.5. The van der Waals surface area contributed by atoms with Gasteiger partial charge < -0.3 is 14.8 Å². The van der Waals surface area contributed by atoms with Crippen molar-refractivity contribution in [1.29, 1.82) is 0 Å². The third-order valence-electron chi connectivity index (χ3n) is 3.05. The van der Waals surface area contributed by atoms with E-state index in [0.717, 1.165) is 11.8 Å². The molecule has 0 saturated carbocycles. The molecule has 1 unspecified atom stereocenters. The van der Waals surface area contributed by atoms with Crippen LogP contribution in [0.1, 0.15) is 38.8 Å². The largest absolute Gasteiger partial charge is 0.444 e. The summed E-state index contributed by atoms with van der Waals surface area (Å²) in [6.45, 7) is 9.51. The van der Waals surface area contributed by atoms with Gasteiger partial charge in [0, 0.05) is 12.0 Å². The highest BCUT2D eigenvalue weighted by Crippen LogP contribution is 2.20. The molecule has 1 aromatic rings. The molecule has 0 radical (unpaired) electrons. The van der Waals surface area contributed by atoms with Gasteiger partial charge in [-0.05, 0) is 39.7 Å². The van der Waals surface area contributed by atoms with Gasteiger partial charge in [0.2, 0.25) is 0 Å². The van der Waals surface area contributed by atoms with E-state index >= 15 is 0 Å². The van der Waals surface area contributed by atoms with Crippen LogP contribution in [0.2, 0.25) is 0 Å². The highest BCUT2D eigenvalue weighted by atomic mass is 16.6. The maximum Gasteiger partial charge on any atom is 0.407 e. The number of rotatable bonds is 5. The van der Waals surface area contributed by atoms with Crippen LogP contribution in [0.3, 0.4) is 0 Å². The van der Waals surface area contributed by atoms with Gasteiger partial charge in [-0.1, -0.05) is 36.8 Å². The molecular formula is C17H25NO3. The molecule has 0 heterocycles. The molecule has 1 N–H and O–H groups in total. The number of benzene rings is 1. The van der Waals surface area contributed by atoms with Crippen molar-refractivity contribution in [3.05, 3.63) is 35.4 Å². The van der Waals surface area contributed by atoms with Gasteiger partial charge in [0.15, 0.2) is 0 Å². The molecule has 0 spiro atoms. The third-order valence-corrected chi connectivity index (χ3v) is 3.05. The fourth-order valence-electron chi connectivity index (χ4n) is 1.91. The quantitative estimate of drug-likeness (QED) is 0.847. The van der Waals surface area contributed by atoms with Crippen LogP contribution >= 0.6 is 0 Å². The fourth-order valence-corrected chi connectivity index (χ4v) is 1.91. The van der Waals surface area contributed by atoms with E-state index in [9.17, 15) is 9.59 Å². The summed E-state index contributed by atoms with van der Waals surface area (Å²) in [5.41, 5.74) is 1.06. The molecule has 0 aliphatic rings. The SMILES string of the molecule is Cc1ccc(CC(C)(C=O)CNC(=O)OC(C)(C)C)cc1. The van der Waals surface area contributed by atoms with E-state index in [0.29, 0.717) is 6.42 Å². The standard InChI is InChI=1S/C17H25NO3/c1-13-6-8-14(9-7-13)10-17(5,12-19)11-18-15(20)21-16(2,3)4/h6-9,12H,10-11H2,1-5H3,(H,18,20). The van der Waals surface area contributed by atoms with Gasteiger partial charge in [0.1, 0.15) is 11.9 Å². The van der Waals surface area contributed by atoms with Crippen LogP contribution in [0.15, 0.2) is 24.3 Å². The summed E-state index contributed by atoms with van der Waals surface area (Å²) in [5, 5.41) is 2.67. The Morgan fingerprint density at radius 1 is 1.19 bits per heavy atom. The van der Waals surface area contributed by atoms with E-state index in [1.165, 1.54) is 5.56 Å². The van der Waals surface area contributed by atoms with Crippen molar-refractivity contribution in [1.82, 2.24) is 5.32 Å². The molecule has 116 valence electrons. The van der Waals surface area contributed by atoms with E-state index in [-0.39, 0.29) is 6.54 Å². The van der Waals surface area contributed by atoms with Gasteiger partial charge in [-0.15, -0.1) is 0 Å². The topological polar surface area (TPSA) is 55.4 Å². The molecule has 1 aromatic carbocycles. The molecule has 0 aromatic heterocycles. The second kappa shape index (κ2) is 6.74. The van der Waals surface area contributed by atoms with Crippen LogP contribution in [-0.4, -0.2) is 24.5 Å². The highest BCUT2D eigenvalue weighted by molar-refractivity contribution is 5.69. The van der Waals surface area contributed by atoms with Crippen LogP contribution < -0.4 is 5.32 Å². The Labute approximate surface area is 126 Å². The number of amides is 1. The molecule has 0 fully saturated rings. The van der Waals surface area contributed by atoms with Crippen molar-refractivity contribution < 1.29 is 14.3 Å². The average Bonchev–Trinajstić information content (AvgIpc) is 2.37. The monoisotopic (exact) mass is 291 g/mol.